The van der Waals surface area contributed by atoms with E-state index in [1.54, 1.807) is 0 Å². The molecule has 1 rings (SSSR count). The first-order valence-corrected chi connectivity index (χ1v) is 6.20. The number of rotatable bonds is 5. The van der Waals surface area contributed by atoms with E-state index in [-0.39, 0.29) is 11.9 Å². The zero-order valence-electron chi connectivity index (χ0n) is 9.59. The Morgan fingerprint density at radius 3 is 2.56 bits per heavy atom. The lowest BCUT2D eigenvalue weighted by atomic mass is 10.2. The van der Waals surface area contributed by atoms with Crippen LogP contribution < -0.4 is 10.6 Å². The molecule has 1 aromatic rings. The molecule has 0 saturated carbocycles. The van der Waals surface area contributed by atoms with Crippen molar-refractivity contribution in [2.24, 2.45) is 0 Å². The molecular formula is C12H17BrN2O. The van der Waals surface area contributed by atoms with Gasteiger partial charge in [-0.25, -0.2) is 0 Å². The van der Waals surface area contributed by atoms with Gasteiger partial charge < -0.3 is 10.6 Å². The third kappa shape index (κ3) is 4.77. The topological polar surface area (TPSA) is 41.1 Å². The lowest BCUT2D eigenvalue weighted by molar-refractivity contribution is -0.116. The highest BCUT2D eigenvalue weighted by Gasteiger charge is 2.07. The van der Waals surface area contributed by atoms with Crippen molar-refractivity contribution in [2.75, 3.05) is 11.9 Å². The summed E-state index contributed by atoms with van der Waals surface area (Å²) in [6, 6.07) is 7.77. The summed E-state index contributed by atoms with van der Waals surface area (Å²) in [5.41, 5.74) is 0.830. The molecule has 1 aromatic carbocycles. The molecule has 0 aromatic heterocycles. The van der Waals surface area contributed by atoms with Gasteiger partial charge in [-0.05, 0) is 37.7 Å². The fourth-order valence-corrected chi connectivity index (χ4v) is 1.71. The molecule has 0 aliphatic heterocycles. The highest BCUT2D eigenvalue weighted by molar-refractivity contribution is 9.10. The summed E-state index contributed by atoms with van der Waals surface area (Å²) in [4.78, 5) is 11.6. The van der Waals surface area contributed by atoms with Crippen LogP contribution in [-0.4, -0.2) is 18.5 Å². The normalized spacial score (nSPS) is 12.2. The summed E-state index contributed by atoms with van der Waals surface area (Å²) in [7, 11) is 0. The van der Waals surface area contributed by atoms with E-state index < -0.39 is 0 Å². The Hall–Kier alpha value is -0.870. The summed E-state index contributed by atoms with van der Waals surface area (Å²) in [5.74, 6) is 0.0378. The molecule has 2 N–H and O–H groups in total. The number of nitrogens with one attached hydrogen (secondary N) is 2. The van der Waals surface area contributed by atoms with Crippen LogP contribution in [0.15, 0.2) is 28.7 Å². The average molecular weight is 285 g/mol. The molecule has 0 aliphatic rings. The predicted molar refractivity (Wildman–Crippen MR) is 70.5 cm³/mol. The number of benzene rings is 1. The maximum atomic E-state index is 11.6. The molecule has 0 fully saturated rings. The van der Waals surface area contributed by atoms with Gasteiger partial charge in [-0.3, -0.25) is 4.79 Å². The van der Waals surface area contributed by atoms with Gasteiger partial charge in [-0.15, -0.1) is 0 Å². The number of anilines is 1. The molecule has 0 heterocycles. The van der Waals surface area contributed by atoms with Gasteiger partial charge in [-0.2, -0.15) is 0 Å². The van der Waals surface area contributed by atoms with Gasteiger partial charge in [0.05, 0.1) is 0 Å². The molecule has 1 unspecified atom stereocenters. The Morgan fingerprint density at radius 2 is 2.00 bits per heavy atom. The Labute approximate surface area is 105 Å². The first-order chi connectivity index (χ1) is 7.61. The second-order valence-electron chi connectivity index (χ2n) is 3.72. The second kappa shape index (κ2) is 6.66. The smallest absolute Gasteiger partial charge is 0.225 e. The van der Waals surface area contributed by atoms with E-state index in [0.29, 0.717) is 6.42 Å². The molecule has 0 radical (unpaired) electrons. The van der Waals surface area contributed by atoms with Gasteiger partial charge in [0.15, 0.2) is 0 Å². The van der Waals surface area contributed by atoms with Crippen molar-refractivity contribution in [1.82, 2.24) is 5.32 Å². The van der Waals surface area contributed by atoms with E-state index in [2.05, 4.69) is 26.6 Å². The van der Waals surface area contributed by atoms with Crippen LogP contribution in [0.25, 0.3) is 0 Å². The van der Waals surface area contributed by atoms with Crippen LogP contribution in [0.1, 0.15) is 20.3 Å². The van der Waals surface area contributed by atoms with E-state index in [0.717, 1.165) is 16.7 Å². The van der Waals surface area contributed by atoms with Crippen molar-refractivity contribution in [2.45, 2.75) is 26.3 Å². The van der Waals surface area contributed by atoms with Crippen molar-refractivity contribution in [1.29, 1.82) is 0 Å². The van der Waals surface area contributed by atoms with Gasteiger partial charge in [0, 0.05) is 22.6 Å². The van der Waals surface area contributed by atoms with E-state index >= 15 is 0 Å². The Balaban J connectivity index is 2.42. The summed E-state index contributed by atoms with van der Waals surface area (Å²) < 4.78 is 1.01. The van der Waals surface area contributed by atoms with Crippen LogP contribution in [0.2, 0.25) is 0 Å². The second-order valence-corrected chi connectivity index (χ2v) is 4.63. The number of carbonyl (C=O) groups is 1. The summed E-state index contributed by atoms with van der Waals surface area (Å²) in [6.45, 7) is 4.92. The molecule has 4 heteroatoms. The van der Waals surface area contributed by atoms with E-state index in [4.69, 9.17) is 0 Å². The Bertz CT molecular complexity index is 337. The van der Waals surface area contributed by atoms with Crippen LogP contribution in [0.5, 0.6) is 0 Å². The van der Waals surface area contributed by atoms with E-state index in [9.17, 15) is 4.79 Å². The molecule has 0 spiro atoms. The van der Waals surface area contributed by atoms with Gasteiger partial charge in [0.25, 0.3) is 0 Å². The largest absolute Gasteiger partial charge is 0.326 e. The summed E-state index contributed by atoms with van der Waals surface area (Å²) in [6.07, 6.45) is 0.490. The fourth-order valence-electron chi connectivity index (χ4n) is 1.44. The van der Waals surface area contributed by atoms with E-state index in [1.807, 2.05) is 38.1 Å². The molecule has 0 saturated heterocycles. The number of hydrogen-bond donors (Lipinski definition) is 2. The van der Waals surface area contributed by atoms with Gasteiger partial charge >= 0.3 is 0 Å². The molecule has 0 aliphatic carbocycles. The zero-order chi connectivity index (χ0) is 12.0. The SMILES string of the molecule is CCNC(C)CC(=O)Nc1ccc(Br)cc1. The summed E-state index contributed by atoms with van der Waals surface area (Å²) in [5, 5.41) is 6.06. The van der Waals surface area contributed by atoms with Crippen LogP contribution in [0.4, 0.5) is 5.69 Å². The zero-order valence-corrected chi connectivity index (χ0v) is 11.2. The maximum Gasteiger partial charge on any atom is 0.225 e. The third-order valence-corrected chi connectivity index (χ3v) is 2.70. The minimum absolute atomic E-state index is 0.0378. The highest BCUT2D eigenvalue weighted by atomic mass is 79.9. The average Bonchev–Trinajstić information content (AvgIpc) is 2.21. The first kappa shape index (κ1) is 13.2. The summed E-state index contributed by atoms with van der Waals surface area (Å²) >= 11 is 3.35. The molecule has 3 nitrogen and oxygen atoms in total. The van der Waals surface area contributed by atoms with Crippen LogP contribution >= 0.6 is 15.9 Å². The Morgan fingerprint density at radius 1 is 1.38 bits per heavy atom. The van der Waals surface area contributed by atoms with Crippen LogP contribution in [-0.2, 0) is 4.79 Å². The minimum atomic E-state index is 0.0378. The monoisotopic (exact) mass is 284 g/mol. The Kier molecular flexibility index (Phi) is 5.49. The predicted octanol–water partition coefficient (Wildman–Crippen LogP) is 2.78. The maximum absolute atomic E-state index is 11.6. The number of hydrogen-bond acceptors (Lipinski definition) is 2. The van der Waals surface area contributed by atoms with Gasteiger partial charge in [-0.1, -0.05) is 22.9 Å². The molecule has 1 atom stereocenters. The van der Waals surface area contributed by atoms with Crippen molar-refractivity contribution in [3.8, 4) is 0 Å². The molecular weight excluding hydrogens is 268 g/mol. The molecule has 88 valence electrons. The molecule has 16 heavy (non-hydrogen) atoms. The minimum Gasteiger partial charge on any atom is -0.326 e. The third-order valence-electron chi connectivity index (χ3n) is 2.17. The van der Waals surface area contributed by atoms with Crippen molar-refractivity contribution in [3.63, 3.8) is 0 Å². The van der Waals surface area contributed by atoms with E-state index in [1.165, 1.54) is 0 Å². The molecule has 0 bridgehead atoms. The number of carbonyl (C=O) groups excluding carboxylic acids is 1. The van der Waals surface area contributed by atoms with Crippen LogP contribution in [0.3, 0.4) is 0 Å². The van der Waals surface area contributed by atoms with Gasteiger partial charge in [0.1, 0.15) is 0 Å². The number of amides is 1. The quantitative estimate of drug-likeness (QED) is 0.873. The lowest BCUT2D eigenvalue weighted by Gasteiger charge is -2.12. The molecule has 1 amide bonds. The lowest BCUT2D eigenvalue weighted by Crippen LogP contribution is -2.30. The highest BCUT2D eigenvalue weighted by Crippen LogP contribution is 2.14. The van der Waals surface area contributed by atoms with Crippen molar-refractivity contribution >= 4 is 27.5 Å². The van der Waals surface area contributed by atoms with Crippen molar-refractivity contribution < 1.29 is 4.79 Å². The fraction of sp³-hybridized carbons (Fsp3) is 0.417. The van der Waals surface area contributed by atoms with Crippen molar-refractivity contribution in [3.05, 3.63) is 28.7 Å². The van der Waals surface area contributed by atoms with Gasteiger partial charge in [0.2, 0.25) is 5.91 Å². The van der Waals surface area contributed by atoms with Crippen LogP contribution in [0, 0.1) is 0 Å². The first-order valence-electron chi connectivity index (χ1n) is 5.40. The standard InChI is InChI=1S/C12H17BrN2O/c1-3-14-9(2)8-12(16)15-11-6-4-10(13)5-7-11/h4-7,9,14H,3,8H2,1-2H3,(H,15,16). The number of halogens is 1.